The Bertz CT molecular complexity index is 1180. The number of carbonyl (C=O) groups is 3. The van der Waals surface area contributed by atoms with Crippen molar-refractivity contribution < 1.29 is 44.7 Å². The van der Waals surface area contributed by atoms with Crippen molar-refractivity contribution in [1.29, 1.82) is 0 Å². The third-order valence-corrected chi connectivity index (χ3v) is 7.19. The predicted octanol–water partition coefficient (Wildman–Crippen LogP) is 1.71. The largest absolute Gasteiger partial charge is 0.496 e. The summed E-state index contributed by atoms with van der Waals surface area (Å²) in [6.07, 6.45) is 9.58. The molecule has 2 bridgehead atoms. The van der Waals surface area contributed by atoms with Crippen LogP contribution in [0, 0.1) is 0 Å². The van der Waals surface area contributed by atoms with Crippen LogP contribution < -0.4 is 4.74 Å². The monoisotopic (exact) mass is 545 g/mol. The number of aliphatic hydroxyl groups is 2. The molecule has 2 saturated heterocycles. The van der Waals surface area contributed by atoms with Crippen molar-refractivity contribution in [3.63, 3.8) is 0 Å². The van der Waals surface area contributed by atoms with Crippen LogP contribution in [0.1, 0.15) is 49.9 Å². The Balaban J connectivity index is 0.000000276. The van der Waals surface area contributed by atoms with Crippen molar-refractivity contribution in [2.45, 2.75) is 61.8 Å². The molecule has 2 aliphatic heterocycles. The average molecular weight is 546 g/mol. The molecule has 1 aromatic carbocycles. The van der Waals surface area contributed by atoms with Gasteiger partial charge in [-0.1, -0.05) is 30.4 Å². The van der Waals surface area contributed by atoms with Crippen molar-refractivity contribution in [1.82, 2.24) is 14.5 Å². The molecule has 2 unspecified atom stereocenters. The van der Waals surface area contributed by atoms with Crippen molar-refractivity contribution in [2.75, 3.05) is 13.7 Å². The molecule has 2 atom stereocenters. The van der Waals surface area contributed by atoms with E-state index in [0.717, 1.165) is 49.4 Å². The summed E-state index contributed by atoms with van der Waals surface area (Å²) in [5, 5.41) is 45.0. The molecule has 0 amide bonds. The molecule has 0 saturated carbocycles. The highest BCUT2D eigenvalue weighted by Gasteiger charge is 2.49. The van der Waals surface area contributed by atoms with Crippen LogP contribution in [-0.4, -0.2) is 89.2 Å². The number of hydrogen-bond donors (Lipinski definition) is 5. The second-order valence-corrected chi connectivity index (χ2v) is 10.0. The topological polar surface area (TPSA) is 183 Å². The molecular formula is C27H35N3O9. The highest BCUT2D eigenvalue weighted by molar-refractivity contribution is 5.88. The maximum atomic E-state index is 11.2. The summed E-state index contributed by atoms with van der Waals surface area (Å²) < 4.78 is 7.37. The number of piperidine rings is 1. The van der Waals surface area contributed by atoms with Gasteiger partial charge in [0, 0.05) is 43.6 Å². The summed E-state index contributed by atoms with van der Waals surface area (Å²) in [5.74, 6) is -3.32. The number of rotatable bonds is 10. The molecule has 2 aromatic rings. The van der Waals surface area contributed by atoms with Gasteiger partial charge in [-0.15, -0.1) is 0 Å². The first kappa shape index (κ1) is 29.8. The molecule has 0 aliphatic carbocycles. The smallest absolute Gasteiger partial charge is 0.336 e. The van der Waals surface area contributed by atoms with E-state index in [2.05, 4.69) is 28.1 Å². The van der Waals surface area contributed by atoms with Crippen molar-refractivity contribution >= 4 is 24.0 Å². The van der Waals surface area contributed by atoms with Crippen LogP contribution in [0.5, 0.6) is 5.75 Å². The first-order valence-corrected chi connectivity index (χ1v) is 12.5. The molecular weight excluding hydrogens is 510 g/mol. The molecule has 212 valence electrons. The van der Waals surface area contributed by atoms with Gasteiger partial charge >= 0.3 is 17.9 Å². The maximum absolute atomic E-state index is 11.2. The lowest BCUT2D eigenvalue weighted by Gasteiger charge is -2.43. The van der Waals surface area contributed by atoms with Gasteiger partial charge in [0.2, 0.25) is 0 Å². The number of aliphatic carboxylic acids is 3. The molecule has 0 spiro atoms. The zero-order valence-corrected chi connectivity index (χ0v) is 21.9. The van der Waals surface area contributed by atoms with E-state index in [1.54, 1.807) is 13.3 Å². The third kappa shape index (κ3) is 7.22. The standard InChI is InChI=1S/C21H27N3O2.C6H8O7/c1-23-13-11-22-20(23)21(25)14-17-9-10-18(15-21)24(17)12-5-7-16-6-3-4-8-19(16)26-2;7-3(8)1-6(13,5(11)12)2-4(9)10/h3-8,11,13,17-18,25H,9-10,12,14-15H2,1-2H3;13H,1-2H2,(H,7,8)(H,9,10)(H,11,12)/b7-5+;. The van der Waals surface area contributed by atoms with E-state index in [1.807, 2.05) is 36.0 Å². The van der Waals surface area contributed by atoms with Crippen LogP contribution in [0.3, 0.4) is 0 Å². The number of methoxy groups -OCH3 is 1. The van der Waals surface area contributed by atoms with Gasteiger partial charge in [0.15, 0.2) is 5.60 Å². The second kappa shape index (κ2) is 12.4. The van der Waals surface area contributed by atoms with Crippen LogP contribution in [0.2, 0.25) is 0 Å². The number of carboxylic acids is 3. The Morgan fingerprint density at radius 3 is 2.18 bits per heavy atom. The Kier molecular flexibility index (Phi) is 9.49. The third-order valence-electron chi connectivity index (χ3n) is 7.19. The minimum atomic E-state index is -2.74. The fourth-order valence-electron chi connectivity index (χ4n) is 5.43. The van der Waals surface area contributed by atoms with E-state index in [-0.39, 0.29) is 0 Å². The molecule has 2 aliphatic rings. The van der Waals surface area contributed by atoms with E-state index in [0.29, 0.717) is 12.1 Å². The minimum Gasteiger partial charge on any atom is -0.496 e. The number of para-hydroxylation sites is 1. The number of nitrogens with zero attached hydrogens (tertiary/aromatic N) is 3. The van der Waals surface area contributed by atoms with Gasteiger partial charge in [0.05, 0.1) is 20.0 Å². The highest BCUT2D eigenvalue weighted by Crippen LogP contribution is 2.45. The van der Waals surface area contributed by atoms with E-state index in [9.17, 15) is 19.5 Å². The van der Waals surface area contributed by atoms with E-state index in [1.165, 1.54) is 0 Å². The van der Waals surface area contributed by atoms with Gasteiger partial charge in [0.25, 0.3) is 0 Å². The average Bonchev–Trinajstić information content (AvgIpc) is 3.40. The number of aromatic nitrogens is 2. The van der Waals surface area contributed by atoms with E-state index in [4.69, 9.17) is 25.2 Å². The first-order valence-electron chi connectivity index (χ1n) is 12.5. The van der Waals surface area contributed by atoms with Gasteiger partial charge in [-0.2, -0.15) is 0 Å². The zero-order chi connectivity index (χ0) is 28.8. The van der Waals surface area contributed by atoms with Crippen LogP contribution in [0.4, 0.5) is 0 Å². The zero-order valence-electron chi connectivity index (χ0n) is 21.9. The quantitative estimate of drug-likeness (QED) is 0.293. The van der Waals surface area contributed by atoms with Gasteiger partial charge < -0.3 is 34.8 Å². The number of imidazole rings is 1. The van der Waals surface area contributed by atoms with Crippen LogP contribution >= 0.6 is 0 Å². The number of benzene rings is 1. The van der Waals surface area contributed by atoms with Crippen LogP contribution in [0.15, 0.2) is 42.7 Å². The van der Waals surface area contributed by atoms with Gasteiger partial charge in [0.1, 0.15) is 17.2 Å². The lowest BCUT2D eigenvalue weighted by atomic mass is 9.85. The summed E-state index contributed by atoms with van der Waals surface area (Å²) in [4.78, 5) is 37.5. The Morgan fingerprint density at radius 1 is 1.10 bits per heavy atom. The summed E-state index contributed by atoms with van der Waals surface area (Å²) in [7, 11) is 3.67. The van der Waals surface area contributed by atoms with Crippen molar-refractivity contribution in [3.05, 3.63) is 54.1 Å². The molecule has 1 aromatic heterocycles. The predicted molar refractivity (Wildman–Crippen MR) is 139 cm³/mol. The minimum absolute atomic E-state index is 0.415. The van der Waals surface area contributed by atoms with E-state index < -0.39 is 42.0 Å². The fourth-order valence-corrected chi connectivity index (χ4v) is 5.43. The first-order chi connectivity index (χ1) is 18.4. The normalized spacial score (nSPS) is 22.8. The summed E-state index contributed by atoms with van der Waals surface area (Å²) in [5.41, 5.74) is -2.44. The highest BCUT2D eigenvalue weighted by atomic mass is 16.5. The summed E-state index contributed by atoms with van der Waals surface area (Å²) >= 11 is 0. The number of aryl methyl sites for hydroxylation is 1. The number of fused-ring (bicyclic) bond motifs is 2. The lowest BCUT2D eigenvalue weighted by Crippen LogP contribution is -2.50. The Morgan fingerprint density at radius 2 is 1.69 bits per heavy atom. The van der Waals surface area contributed by atoms with Crippen molar-refractivity contribution in [2.24, 2.45) is 7.05 Å². The molecule has 12 heteroatoms. The fraction of sp³-hybridized carbons (Fsp3) is 0.481. The maximum Gasteiger partial charge on any atom is 0.336 e. The van der Waals surface area contributed by atoms with Crippen LogP contribution in [-0.2, 0) is 27.0 Å². The Hall–Kier alpha value is -3.74. The Labute approximate surface area is 225 Å². The molecule has 39 heavy (non-hydrogen) atoms. The van der Waals surface area contributed by atoms with E-state index >= 15 is 0 Å². The molecule has 3 heterocycles. The second-order valence-electron chi connectivity index (χ2n) is 10.0. The molecule has 12 nitrogen and oxygen atoms in total. The lowest BCUT2D eigenvalue weighted by molar-refractivity contribution is -0.170. The van der Waals surface area contributed by atoms with Crippen LogP contribution in [0.25, 0.3) is 6.08 Å². The summed E-state index contributed by atoms with van der Waals surface area (Å²) in [6.45, 7) is 0.907. The molecule has 2 fully saturated rings. The molecule has 4 rings (SSSR count). The molecule has 0 radical (unpaired) electrons. The number of ether oxygens (including phenoxy) is 1. The van der Waals surface area contributed by atoms with Gasteiger partial charge in [-0.05, 0) is 31.7 Å². The number of hydrogen-bond acceptors (Lipinski definition) is 8. The number of carboxylic acid groups (broad SMARTS) is 3. The van der Waals surface area contributed by atoms with Gasteiger partial charge in [-0.25, -0.2) is 9.78 Å². The summed E-state index contributed by atoms with van der Waals surface area (Å²) in [6, 6.07) is 8.90. The SMILES string of the molecule is COc1ccccc1/C=C/CN1C2CCC1CC(O)(c1nccn1C)C2.O=C(O)CC(O)(CC(=O)O)C(=O)O. The van der Waals surface area contributed by atoms with Crippen molar-refractivity contribution in [3.8, 4) is 5.75 Å². The molecule has 5 N–H and O–H groups in total. The van der Waals surface area contributed by atoms with Gasteiger partial charge in [-0.3, -0.25) is 14.5 Å².